The quantitative estimate of drug-likeness (QED) is 0.918. The molecule has 0 saturated carbocycles. The Kier molecular flexibility index (Phi) is 5.35. The molecule has 0 fully saturated rings. The van der Waals surface area contributed by atoms with Crippen LogP contribution < -0.4 is 5.32 Å². The molecule has 0 aliphatic rings. The molecule has 0 spiro atoms. The minimum Gasteiger partial charge on any atom is -0.329 e. The Labute approximate surface area is 120 Å². The van der Waals surface area contributed by atoms with Gasteiger partial charge in [0.05, 0.1) is 11.7 Å². The summed E-state index contributed by atoms with van der Waals surface area (Å²) in [5.74, 6) is 0. The lowest BCUT2D eigenvalue weighted by molar-refractivity contribution is 0.200. The number of thiazole rings is 1. The summed E-state index contributed by atoms with van der Waals surface area (Å²) in [7, 11) is 0. The fraction of sp³-hybridized carbons (Fsp3) is 0.714. The highest BCUT2D eigenvalue weighted by Gasteiger charge is 2.21. The van der Waals surface area contributed by atoms with E-state index < -0.39 is 0 Å². The number of urea groups is 1. The van der Waals surface area contributed by atoms with E-state index in [2.05, 4.69) is 36.5 Å². The molecular weight excluding hydrogens is 258 g/mol. The molecule has 0 aliphatic heterocycles. The zero-order valence-corrected chi connectivity index (χ0v) is 13.6. The van der Waals surface area contributed by atoms with Crippen LogP contribution in [0.5, 0.6) is 0 Å². The van der Waals surface area contributed by atoms with Crippen molar-refractivity contribution in [2.24, 2.45) is 0 Å². The summed E-state index contributed by atoms with van der Waals surface area (Å²) in [6, 6.07) is -0.0702. The second-order valence-electron chi connectivity index (χ2n) is 5.66. The molecule has 4 nitrogen and oxygen atoms in total. The van der Waals surface area contributed by atoms with Crippen LogP contribution in [0.15, 0.2) is 5.38 Å². The maximum atomic E-state index is 12.0. The minimum atomic E-state index is -0.0470. The average Bonchev–Trinajstić information content (AvgIpc) is 2.79. The third kappa shape index (κ3) is 4.20. The van der Waals surface area contributed by atoms with E-state index in [1.807, 2.05) is 20.8 Å². The van der Waals surface area contributed by atoms with Gasteiger partial charge in [-0.1, -0.05) is 20.8 Å². The Hall–Kier alpha value is -1.10. The molecule has 1 rings (SSSR count). The number of rotatable bonds is 4. The number of hydrogen-bond acceptors (Lipinski definition) is 3. The summed E-state index contributed by atoms with van der Waals surface area (Å²) in [6.45, 7) is 13.8. The fourth-order valence-corrected chi connectivity index (χ4v) is 2.73. The van der Waals surface area contributed by atoms with Gasteiger partial charge < -0.3 is 10.2 Å². The molecule has 0 bridgehead atoms. The second kappa shape index (κ2) is 6.37. The summed E-state index contributed by atoms with van der Waals surface area (Å²) >= 11 is 1.61. The Morgan fingerprint density at radius 1 is 1.42 bits per heavy atom. The van der Waals surface area contributed by atoms with E-state index in [1.54, 1.807) is 16.2 Å². The van der Waals surface area contributed by atoms with Gasteiger partial charge in [-0.05, 0) is 20.8 Å². The minimum absolute atomic E-state index is 0.0231. The standard InChI is InChI=1S/C14H25N3OS/c1-7-17(8-2)13(18)15-10(3)12-16-11(9-19-12)14(4,5)6/h9-10H,7-8H2,1-6H3,(H,15,18)/t10-/m1/s1. The lowest BCUT2D eigenvalue weighted by Gasteiger charge is -2.21. The number of amides is 2. The van der Waals surface area contributed by atoms with Gasteiger partial charge in [0.2, 0.25) is 0 Å². The predicted octanol–water partition coefficient (Wildman–Crippen LogP) is 3.55. The Morgan fingerprint density at radius 2 is 2.00 bits per heavy atom. The monoisotopic (exact) mass is 283 g/mol. The van der Waals surface area contributed by atoms with Gasteiger partial charge in [-0.2, -0.15) is 0 Å². The van der Waals surface area contributed by atoms with Gasteiger partial charge in [0, 0.05) is 23.9 Å². The van der Waals surface area contributed by atoms with Crippen LogP contribution in [0.3, 0.4) is 0 Å². The van der Waals surface area contributed by atoms with Crippen molar-refractivity contribution in [3.63, 3.8) is 0 Å². The Balaban J connectivity index is 2.71. The molecule has 1 aromatic heterocycles. The first-order valence-corrected chi connectivity index (χ1v) is 7.68. The SMILES string of the molecule is CCN(CC)C(=O)N[C@H](C)c1nc(C(C)(C)C)cs1. The molecule has 0 unspecified atom stereocenters. The van der Waals surface area contributed by atoms with E-state index in [9.17, 15) is 4.79 Å². The highest BCUT2D eigenvalue weighted by Crippen LogP contribution is 2.26. The first-order valence-electron chi connectivity index (χ1n) is 6.80. The number of nitrogens with one attached hydrogen (secondary N) is 1. The molecule has 0 aliphatic carbocycles. The van der Waals surface area contributed by atoms with Crippen LogP contribution in [0.1, 0.15) is 58.3 Å². The molecule has 5 heteroatoms. The van der Waals surface area contributed by atoms with Crippen LogP contribution in [0.25, 0.3) is 0 Å². The first-order chi connectivity index (χ1) is 8.79. The highest BCUT2D eigenvalue weighted by atomic mass is 32.1. The predicted molar refractivity (Wildman–Crippen MR) is 80.7 cm³/mol. The summed E-state index contributed by atoms with van der Waals surface area (Å²) in [4.78, 5) is 18.4. The molecular formula is C14H25N3OS. The van der Waals surface area contributed by atoms with E-state index in [0.29, 0.717) is 0 Å². The van der Waals surface area contributed by atoms with E-state index in [-0.39, 0.29) is 17.5 Å². The summed E-state index contributed by atoms with van der Waals surface area (Å²) in [5.41, 5.74) is 1.13. The molecule has 0 aromatic carbocycles. The van der Waals surface area contributed by atoms with Crippen molar-refractivity contribution in [3.8, 4) is 0 Å². The average molecular weight is 283 g/mol. The van der Waals surface area contributed by atoms with E-state index >= 15 is 0 Å². The Morgan fingerprint density at radius 3 is 2.42 bits per heavy atom. The molecule has 108 valence electrons. The van der Waals surface area contributed by atoms with Crippen LogP contribution >= 0.6 is 11.3 Å². The molecule has 19 heavy (non-hydrogen) atoms. The van der Waals surface area contributed by atoms with E-state index in [1.165, 1.54) is 0 Å². The lowest BCUT2D eigenvalue weighted by Crippen LogP contribution is -2.40. The maximum absolute atomic E-state index is 12.0. The van der Waals surface area contributed by atoms with E-state index in [0.717, 1.165) is 23.8 Å². The summed E-state index contributed by atoms with van der Waals surface area (Å²) in [5, 5.41) is 6.04. The maximum Gasteiger partial charge on any atom is 0.317 e. The van der Waals surface area contributed by atoms with Crippen LogP contribution in [0, 0.1) is 0 Å². The molecule has 1 N–H and O–H groups in total. The van der Waals surface area contributed by atoms with Crippen molar-refractivity contribution in [2.75, 3.05) is 13.1 Å². The van der Waals surface area contributed by atoms with Gasteiger partial charge in [-0.3, -0.25) is 0 Å². The molecule has 1 heterocycles. The van der Waals surface area contributed by atoms with Gasteiger partial charge in [-0.25, -0.2) is 9.78 Å². The van der Waals surface area contributed by atoms with Crippen molar-refractivity contribution in [3.05, 3.63) is 16.1 Å². The lowest BCUT2D eigenvalue weighted by atomic mass is 9.93. The van der Waals surface area contributed by atoms with Gasteiger partial charge >= 0.3 is 6.03 Å². The van der Waals surface area contributed by atoms with Crippen LogP contribution in [-0.4, -0.2) is 29.0 Å². The molecule has 2 amide bonds. The molecule has 1 aromatic rings. The molecule has 1 atom stereocenters. The third-order valence-electron chi connectivity index (χ3n) is 3.05. The zero-order chi connectivity index (χ0) is 14.6. The number of carbonyl (C=O) groups excluding carboxylic acids is 1. The van der Waals surface area contributed by atoms with Crippen LogP contribution in [-0.2, 0) is 5.41 Å². The van der Waals surface area contributed by atoms with Crippen LogP contribution in [0.4, 0.5) is 4.79 Å². The second-order valence-corrected chi connectivity index (χ2v) is 6.55. The number of hydrogen-bond donors (Lipinski definition) is 1. The number of carbonyl (C=O) groups is 1. The van der Waals surface area contributed by atoms with Crippen molar-refractivity contribution in [1.29, 1.82) is 0 Å². The summed E-state index contributed by atoms with van der Waals surface area (Å²) in [6.07, 6.45) is 0. The fourth-order valence-electron chi connectivity index (χ4n) is 1.68. The van der Waals surface area contributed by atoms with Crippen molar-refractivity contribution < 1.29 is 4.79 Å². The third-order valence-corrected chi connectivity index (χ3v) is 4.08. The topological polar surface area (TPSA) is 45.2 Å². The van der Waals surface area contributed by atoms with Crippen molar-refractivity contribution >= 4 is 17.4 Å². The van der Waals surface area contributed by atoms with Crippen molar-refractivity contribution in [1.82, 2.24) is 15.2 Å². The highest BCUT2D eigenvalue weighted by molar-refractivity contribution is 7.09. The summed E-state index contributed by atoms with van der Waals surface area (Å²) < 4.78 is 0. The van der Waals surface area contributed by atoms with Crippen LogP contribution in [0.2, 0.25) is 0 Å². The van der Waals surface area contributed by atoms with Gasteiger partial charge in [0.15, 0.2) is 0 Å². The van der Waals surface area contributed by atoms with Crippen molar-refractivity contribution in [2.45, 2.75) is 53.0 Å². The van der Waals surface area contributed by atoms with Gasteiger partial charge in [0.1, 0.15) is 5.01 Å². The number of aromatic nitrogens is 1. The zero-order valence-electron chi connectivity index (χ0n) is 12.8. The molecule has 0 radical (unpaired) electrons. The smallest absolute Gasteiger partial charge is 0.317 e. The molecule has 0 saturated heterocycles. The normalized spacial score (nSPS) is 13.2. The van der Waals surface area contributed by atoms with Gasteiger partial charge in [-0.15, -0.1) is 11.3 Å². The van der Waals surface area contributed by atoms with E-state index in [4.69, 9.17) is 0 Å². The Bertz CT molecular complexity index is 419. The first kappa shape index (κ1) is 16.0. The van der Waals surface area contributed by atoms with Gasteiger partial charge in [0.25, 0.3) is 0 Å². The largest absolute Gasteiger partial charge is 0.329 e. The number of nitrogens with zero attached hydrogens (tertiary/aromatic N) is 2.